The van der Waals surface area contributed by atoms with Crippen LogP contribution in [0.5, 0.6) is 11.5 Å². The summed E-state index contributed by atoms with van der Waals surface area (Å²) in [5, 5.41) is 8.51. The van der Waals surface area contributed by atoms with Crippen molar-refractivity contribution in [1.82, 2.24) is 0 Å². The van der Waals surface area contributed by atoms with Gasteiger partial charge in [0.25, 0.3) is 0 Å². The number of amides is 1. The van der Waals surface area contributed by atoms with Gasteiger partial charge in [0, 0.05) is 13.1 Å². The van der Waals surface area contributed by atoms with Crippen LogP contribution >= 0.6 is 0 Å². The molecule has 1 aliphatic heterocycles. The average molecular weight is 232 g/mol. The molecule has 5 heteroatoms. The van der Waals surface area contributed by atoms with Crippen LogP contribution in [0.3, 0.4) is 0 Å². The number of nitriles is 1. The SMILES string of the molecule is Cc1cc2c(cc1N(C)C(=O)CC#N)OCO2. The van der Waals surface area contributed by atoms with Crippen LogP contribution in [0, 0.1) is 18.3 Å². The van der Waals surface area contributed by atoms with Gasteiger partial charge in [0.15, 0.2) is 11.5 Å². The molecule has 0 fully saturated rings. The van der Waals surface area contributed by atoms with Crippen LogP contribution in [0.1, 0.15) is 12.0 Å². The largest absolute Gasteiger partial charge is 0.454 e. The lowest BCUT2D eigenvalue weighted by Gasteiger charge is -2.18. The quantitative estimate of drug-likeness (QED) is 0.777. The van der Waals surface area contributed by atoms with Gasteiger partial charge in [-0.15, -0.1) is 0 Å². The molecule has 0 spiro atoms. The summed E-state index contributed by atoms with van der Waals surface area (Å²) in [5.41, 5.74) is 1.64. The van der Waals surface area contributed by atoms with Gasteiger partial charge in [-0.2, -0.15) is 5.26 Å². The minimum Gasteiger partial charge on any atom is -0.454 e. The van der Waals surface area contributed by atoms with E-state index in [0.29, 0.717) is 11.5 Å². The van der Waals surface area contributed by atoms with Gasteiger partial charge in [-0.1, -0.05) is 0 Å². The number of benzene rings is 1. The highest BCUT2D eigenvalue weighted by atomic mass is 16.7. The van der Waals surface area contributed by atoms with E-state index in [1.165, 1.54) is 4.90 Å². The number of rotatable bonds is 2. The van der Waals surface area contributed by atoms with Gasteiger partial charge in [0.1, 0.15) is 6.42 Å². The van der Waals surface area contributed by atoms with Gasteiger partial charge in [-0.25, -0.2) is 0 Å². The van der Waals surface area contributed by atoms with E-state index in [-0.39, 0.29) is 19.1 Å². The van der Waals surface area contributed by atoms with Crippen molar-refractivity contribution in [3.05, 3.63) is 17.7 Å². The molecule has 2 rings (SSSR count). The summed E-state index contributed by atoms with van der Waals surface area (Å²) < 4.78 is 10.5. The molecule has 1 aromatic carbocycles. The third-order valence-corrected chi connectivity index (χ3v) is 2.66. The fraction of sp³-hybridized carbons (Fsp3) is 0.333. The number of anilines is 1. The Kier molecular flexibility index (Phi) is 2.88. The Labute approximate surface area is 99.2 Å². The molecule has 0 unspecified atom stereocenters. The van der Waals surface area contributed by atoms with Crippen LogP contribution in [0.2, 0.25) is 0 Å². The Balaban J connectivity index is 2.33. The van der Waals surface area contributed by atoms with E-state index in [4.69, 9.17) is 14.7 Å². The predicted molar refractivity (Wildman–Crippen MR) is 60.9 cm³/mol. The molecular weight excluding hydrogens is 220 g/mol. The molecule has 0 bridgehead atoms. The van der Waals surface area contributed by atoms with E-state index in [9.17, 15) is 4.79 Å². The smallest absolute Gasteiger partial charge is 0.240 e. The van der Waals surface area contributed by atoms with Crippen LogP contribution < -0.4 is 14.4 Å². The molecule has 88 valence electrons. The van der Waals surface area contributed by atoms with Gasteiger partial charge in [0.05, 0.1) is 11.8 Å². The number of aryl methyl sites for hydroxylation is 1. The van der Waals surface area contributed by atoms with Crippen molar-refractivity contribution in [2.75, 3.05) is 18.7 Å². The Hall–Kier alpha value is -2.22. The summed E-state index contributed by atoms with van der Waals surface area (Å²) in [7, 11) is 1.64. The molecule has 1 aliphatic rings. The molecule has 0 saturated carbocycles. The highest BCUT2D eigenvalue weighted by Crippen LogP contribution is 2.37. The number of carbonyl (C=O) groups excluding carboxylic acids is 1. The van der Waals surface area contributed by atoms with E-state index in [1.807, 2.05) is 19.1 Å². The van der Waals surface area contributed by atoms with Crippen LogP contribution in [0.15, 0.2) is 12.1 Å². The van der Waals surface area contributed by atoms with Crippen molar-refractivity contribution in [2.45, 2.75) is 13.3 Å². The van der Waals surface area contributed by atoms with Crippen LogP contribution in [-0.2, 0) is 4.79 Å². The first-order valence-corrected chi connectivity index (χ1v) is 5.17. The standard InChI is InChI=1S/C12H12N2O3/c1-8-5-10-11(17-7-16-10)6-9(8)14(2)12(15)3-4-13/h5-6H,3,7H2,1-2H3. The van der Waals surface area contributed by atoms with E-state index in [2.05, 4.69) is 0 Å². The first kappa shape index (κ1) is 11.3. The number of fused-ring (bicyclic) bond motifs is 1. The van der Waals surface area contributed by atoms with Gasteiger partial charge in [-0.3, -0.25) is 4.79 Å². The van der Waals surface area contributed by atoms with E-state index < -0.39 is 0 Å². The van der Waals surface area contributed by atoms with Crippen molar-refractivity contribution in [2.24, 2.45) is 0 Å². The molecule has 5 nitrogen and oxygen atoms in total. The van der Waals surface area contributed by atoms with Gasteiger partial charge < -0.3 is 14.4 Å². The summed E-state index contributed by atoms with van der Waals surface area (Å²) in [6, 6.07) is 5.43. The van der Waals surface area contributed by atoms with Crippen LogP contribution in [0.25, 0.3) is 0 Å². The molecule has 0 N–H and O–H groups in total. The molecule has 0 atom stereocenters. The summed E-state index contributed by atoms with van der Waals surface area (Å²) >= 11 is 0. The second kappa shape index (κ2) is 4.34. The topological polar surface area (TPSA) is 62.6 Å². The molecule has 1 aromatic rings. The van der Waals surface area contributed by atoms with E-state index in [0.717, 1.165) is 11.3 Å². The average Bonchev–Trinajstić information content (AvgIpc) is 2.74. The number of hydrogen-bond acceptors (Lipinski definition) is 4. The van der Waals surface area contributed by atoms with Gasteiger partial charge >= 0.3 is 0 Å². The zero-order valence-electron chi connectivity index (χ0n) is 9.69. The molecule has 17 heavy (non-hydrogen) atoms. The van der Waals surface area contributed by atoms with Crippen LogP contribution in [-0.4, -0.2) is 19.7 Å². The Morgan fingerprint density at radius 1 is 1.47 bits per heavy atom. The first-order valence-electron chi connectivity index (χ1n) is 5.17. The lowest BCUT2D eigenvalue weighted by Crippen LogP contribution is -2.26. The summed E-state index contributed by atoms with van der Waals surface area (Å²) in [6.07, 6.45) is -0.135. The number of nitrogens with zero attached hydrogens (tertiary/aromatic N) is 2. The summed E-state index contributed by atoms with van der Waals surface area (Å²) in [5.74, 6) is 1.07. The maximum absolute atomic E-state index is 11.6. The molecule has 1 amide bonds. The monoisotopic (exact) mass is 232 g/mol. The molecule has 0 radical (unpaired) electrons. The summed E-state index contributed by atoms with van der Waals surface area (Å²) in [6.45, 7) is 2.08. The third kappa shape index (κ3) is 2.02. The second-order valence-corrected chi connectivity index (χ2v) is 3.78. The first-order chi connectivity index (χ1) is 8.13. The van der Waals surface area contributed by atoms with E-state index >= 15 is 0 Å². The fourth-order valence-corrected chi connectivity index (χ4v) is 1.71. The fourth-order valence-electron chi connectivity index (χ4n) is 1.71. The number of hydrogen-bond donors (Lipinski definition) is 0. The highest BCUT2D eigenvalue weighted by molar-refractivity contribution is 5.95. The minimum atomic E-state index is -0.241. The number of ether oxygens (including phenoxy) is 2. The predicted octanol–water partition coefficient (Wildman–Crippen LogP) is 1.60. The summed E-state index contributed by atoms with van der Waals surface area (Å²) in [4.78, 5) is 13.1. The maximum atomic E-state index is 11.6. The lowest BCUT2D eigenvalue weighted by atomic mass is 10.1. The Morgan fingerprint density at radius 3 is 2.76 bits per heavy atom. The zero-order valence-corrected chi connectivity index (χ0v) is 9.69. The van der Waals surface area contributed by atoms with Crippen molar-refractivity contribution < 1.29 is 14.3 Å². The van der Waals surface area contributed by atoms with Crippen molar-refractivity contribution in [3.8, 4) is 17.6 Å². The van der Waals surface area contributed by atoms with Crippen molar-refractivity contribution >= 4 is 11.6 Å². The van der Waals surface area contributed by atoms with Crippen molar-refractivity contribution in [3.63, 3.8) is 0 Å². The lowest BCUT2D eigenvalue weighted by molar-refractivity contribution is -0.117. The maximum Gasteiger partial charge on any atom is 0.240 e. The Morgan fingerprint density at radius 2 is 2.12 bits per heavy atom. The van der Waals surface area contributed by atoms with E-state index in [1.54, 1.807) is 13.1 Å². The molecule has 0 aromatic heterocycles. The zero-order chi connectivity index (χ0) is 12.4. The molecule has 1 heterocycles. The highest BCUT2D eigenvalue weighted by Gasteiger charge is 2.19. The minimum absolute atomic E-state index is 0.135. The van der Waals surface area contributed by atoms with Crippen LogP contribution in [0.4, 0.5) is 5.69 Å². The molecule has 0 saturated heterocycles. The van der Waals surface area contributed by atoms with Gasteiger partial charge in [0.2, 0.25) is 12.7 Å². The normalized spacial score (nSPS) is 12.1. The number of carbonyl (C=O) groups is 1. The third-order valence-electron chi connectivity index (χ3n) is 2.66. The molecule has 0 aliphatic carbocycles. The van der Waals surface area contributed by atoms with Gasteiger partial charge in [-0.05, 0) is 18.6 Å². The Bertz CT molecular complexity index is 505. The molecular formula is C12H12N2O3. The van der Waals surface area contributed by atoms with Crippen molar-refractivity contribution in [1.29, 1.82) is 5.26 Å². The second-order valence-electron chi connectivity index (χ2n) is 3.78.